The smallest absolute Gasteiger partial charge is 0.252 e. The number of nitrogens with zero attached hydrogens (tertiary/aromatic N) is 3. The van der Waals surface area contributed by atoms with E-state index in [0.717, 1.165) is 66.6 Å². The van der Waals surface area contributed by atoms with E-state index < -0.39 is 75.7 Å². The molecule has 0 N–H and O–H groups in total. The molecule has 14 rings (SSSR count). The average Bonchev–Trinajstić information content (AvgIpc) is 1.30. The van der Waals surface area contributed by atoms with E-state index in [1.54, 1.807) is 13.8 Å². The fourth-order valence-corrected chi connectivity index (χ4v) is 11.9. The van der Waals surface area contributed by atoms with Gasteiger partial charge in [-0.1, -0.05) is 158 Å². The highest BCUT2D eigenvalue weighted by molar-refractivity contribution is 7.00. The van der Waals surface area contributed by atoms with Gasteiger partial charge in [0.15, 0.2) is 0 Å². The maximum Gasteiger partial charge on any atom is 0.252 e. The van der Waals surface area contributed by atoms with Gasteiger partial charge in [0.05, 0.1) is 22.2 Å². The van der Waals surface area contributed by atoms with E-state index in [1.165, 1.54) is 24.3 Å². The zero-order valence-corrected chi connectivity index (χ0v) is 36.5. The summed E-state index contributed by atoms with van der Waals surface area (Å²) in [5, 5.41) is 4.17. The number of anilines is 3. The first-order valence-electron chi connectivity index (χ1n) is 32.1. The van der Waals surface area contributed by atoms with E-state index in [2.05, 4.69) is 70.1 Å². The van der Waals surface area contributed by atoms with Crippen molar-refractivity contribution in [3.63, 3.8) is 0 Å². The van der Waals surface area contributed by atoms with Gasteiger partial charge in [-0.15, -0.1) is 0 Å². The Morgan fingerprint density at radius 3 is 1.93 bits per heavy atom. The van der Waals surface area contributed by atoms with Gasteiger partial charge in [0.25, 0.3) is 6.71 Å². The maximum absolute atomic E-state index is 9.39. The van der Waals surface area contributed by atoms with Crippen molar-refractivity contribution in [2.24, 2.45) is 0 Å². The van der Waals surface area contributed by atoms with Crippen molar-refractivity contribution in [1.29, 1.82) is 0 Å². The summed E-state index contributed by atoms with van der Waals surface area (Å²) in [4.78, 5) is 2.10. The fourth-order valence-electron chi connectivity index (χ4n) is 11.9. The van der Waals surface area contributed by atoms with Gasteiger partial charge in [0, 0.05) is 75.9 Å². The number of benzene rings is 9. The standard InChI is InChI=1S/C63H52BN3/c1-36(2)38-25-27-52-49(30-38)64-50-33-40(63(6,7)8)32-48-47-31-39(62(3,4)5)26-29-51(47)67(61(48)50)56-35-42(34-55(60(56)64)65(52)41-17-10-9-11-18-41)66-53-23-15-22-46-44-20-13-12-19-43(44)45-21-14-16-37-24-28-54(66)59(57(37)45)58(46)53/h9-36H,1-8H3/i3D3,4D3,5D3,6D3,7D3,8D3,36D. The zero-order chi connectivity index (χ0) is 61.3. The highest BCUT2D eigenvalue weighted by Gasteiger charge is 2.44. The molecule has 0 bridgehead atoms. The first kappa shape index (κ1) is 24.5. The lowest BCUT2D eigenvalue weighted by Crippen LogP contribution is -2.60. The van der Waals surface area contributed by atoms with Crippen LogP contribution in [0.15, 0.2) is 164 Å². The molecular formula is C63H52BN3. The van der Waals surface area contributed by atoms with Crippen molar-refractivity contribution in [3.05, 3.63) is 180 Å². The Balaban J connectivity index is 1.22. The van der Waals surface area contributed by atoms with Crippen LogP contribution in [-0.4, -0.2) is 15.8 Å². The van der Waals surface area contributed by atoms with Gasteiger partial charge in [-0.2, -0.15) is 0 Å². The van der Waals surface area contributed by atoms with Crippen LogP contribution in [0, 0.1) is 0 Å². The summed E-state index contributed by atoms with van der Waals surface area (Å²) in [5.41, 5.74) is 3.43. The second-order valence-corrected chi connectivity index (χ2v) is 18.7. The molecule has 3 nitrogen and oxygen atoms in total. The van der Waals surface area contributed by atoms with Crippen LogP contribution in [0.3, 0.4) is 0 Å². The molecule has 0 unspecified atom stereocenters. The Kier molecular flexibility index (Phi) is 4.82. The van der Waals surface area contributed by atoms with Crippen molar-refractivity contribution < 1.29 is 26.0 Å². The monoisotopic (exact) mass is 881 g/mol. The summed E-state index contributed by atoms with van der Waals surface area (Å²) in [7, 11) is 0. The summed E-state index contributed by atoms with van der Waals surface area (Å²) in [6.45, 7) is -19.9. The van der Waals surface area contributed by atoms with Crippen molar-refractivity contribution in [3.8, 4) is 33.6 Å². The summed E-state index contributed by atoms with van der Waals surface area (Å²) in [5.74, 6) is -1.20. The molecule has 322 valence electrons. The van der Waals surface area contributed by atoms with Crippen LogP contribution in [0.4, 0.5) is 17.1 Å². The number of hydrogen-bond donors (Lipinski definition) is 0. The van der Waals surface area contributed by atoms with E-state index in [-0.39, 0.29) is 21.8 Å². The molecule has 2 aliphatic heterocycles. The van der Waals surface area contributed by atoms with E-state index in [9.17, 15) is 1.37 Å². The second-order valence-electron chi connectivity index (χ2n) is 18.7. The third-order valence-electron chi connectivity index (χ3n) is 14.7. The van der Waals surface area contributed by atoms with Crippen molar-refractivity contribution in [1.82, 2.24) is 9.13 Å². The number of para-hydroxylation sites is 1. The van der Waals surface area contributed by atoms with Gasteiger partial charge in [-0.25, -0.2) is 0 Å². The van der Waals surface area contributed by atoms with Crippen molar-refractivity contribution in [2.75, 3.05) is 4.90 Å². The van der Waals surface area contributed by atoms with Gasteiger partial charge in [-0.3, -0.25) is 0 Å². The van der Waals surface area contributed by atoms with Crippen LogP contribution in [-0.2, 0) is 10.8 Å². The molecule has 3 aliphatic rings. The van der Waals surface area contributed by atoms with Gasteiger partial charge in [0.1, 0.15) is 0 Å². The molecule has 0 saturated heterocycles. The molecule has 9 aromatic carbocycles. The van der Waals surface area contributed by atoms with E-state index in [1.807, 2.05) is 77.4 Å². The fraction of sp³-hybridized carbons (Fsp3) is 0.175. The predicted octanol–water partition coefficient (Wildman–Crippen LogP) is 15.0. The number of fused-ring (bicyclic) bond motifs is 10. The third kappa shape index (κ3) is 5.19. The molecule has 0 radical (unpaired) electrons. The number of rotatable bonds is 3. The highest BCUT2D eigenvalue weighted by Crippen LogP contribution is 2.51. The Bertz CT molecular complexity index is 4670. The van der Waals surface area contributed by atoms with Crippen LogP contribution >= 0.6 is 0 Å². The van der Waals surface area contributed by atoms with Gasteiger partial charge in [0.2, 0.25) is 0 Å². The average molecular weight is 881 g/mol. The van der Waals surface area contributed by atoms with Crippen LogP contribution in [0.25, 0.3) is 88.0 Å². The molecule has 4 heterocycles. The Labute approximate surface area is 419 Å². The van der Waals surface area contributed by atoms with Crippen LogP contribution in [0.1, 0.15) is 104 Å². The van der Waals surface area contributed by atoms with Crippen LogP contribution in [0.5, 0.6) is 0 Å². The zero-order valence-electron chi connectivity index (χ0n) is 55.5. The van der Waals surface area contributed by atoms with E-state index in [0.29, 0.717) is 44.8 Å². The Morgan fingerprint density at radius 1 is 0.478 bits per heavy atom. The molecule has 0 amide bonds. The van der Waals surface area contributed by atoms with Gasteiger partial charge in [-0.05, 0) is 143 Å². The topological polar surface area (TPSA) is 13.1 Å². The van der Waals surface area contributed by atoms with E-state index in [4.69, 9.17) is 24.7 Å². The van der Waals surface area contributed by atoms with Crippen molar-refractivity contribution >= 4 is 94.5 Å². The molecule has 67 heavy (non-hydrogen) atoms. The van der Waals surface area contributed by atoms with Gasteiger partial charge < -0.3 is 14.0 Å². The molecule has 0 fully saturated rings. The predicted molar refractivity (Wildman–Crippen MR) is 288 cm³/mol. The minimum atomic E-state index is -3.76. The first-order valence-corrected chi connectivity index (χ1v) is 22.6. The Morgan fingerprint density at radius 2 is 1.15 bits per heavy atom. The largest absolute Gasteiger partial charge is 0.311 e. The summed E-state index contributed by atoms with van der Waals surface area (Å²) in [6.07, 6.45) is 0. The quantitative estimate of drug-likeness (QED) is 0.161. The molecular weight excluding hydrogens is 810 g/mol. The van der Waals surface area contributed by atoms with Gasteiger partial charge >= 0.3 is 0 Å². The second kappa shape index (κ2) is 13.2. The highest BCUT2D eigenvalue weighted by atomic mass is 15.2. The minimum absolute atomic E-state index is 0.00135. The van der Waals surface area contributed by atoms with Crippen LogP contribution < -0.4 is 21.3 Å². The molecule has 11 aromatic rings. The number of hydrogen-bond acceptors (Lipinski definition) is 1. The normalized spacial score (nSPS) is 19.2. The van der Waals surface area contributed by atoms with E-state index >= 15 is 0 Å². The molecule has 0 saturated carbocycles. The molecule has 0 spiro atoms. The summed E-state index contributed by atoms with van der Waals surface area (Å²) < 4.78 is 174. The third-order valence-corrected chi connectivity index (χ3v) is 14.7. The molecule has 1 aliphatic carbocycles. The lowest BCUT2D eigenvalue weighted by Gasteiger charge is -2.41. The van der Waals surface area contributed by atoms with Crippen molar-refractivity contribution in [2.45, 2.75) is 71.7 Å². The lowest BCUT2D eigenvalue weighted by atomic mass is 9.33. The lowest BCUT2D eigenvalue weighted by molar-refractivity contribution is 0.590. The maximum atomic E-state index is 9.39. The molecule has 2 aromatic heterocycles. The summed E-state index contributed by atoms with van der Waals surface area (Å²) >= 11 is 0. The number of aromatic nitrogens is 2. The van der Waals surface area contributed by atoms with Crippen LogP contribution in [0.2, 0.25) is 0 Å². The summed E-state index contributed by atoms with van der Waals surface area (Å²) in [6, 6.07) is 50.9. The molecule has 0 atom stereocenters. The first-order chi connectivity index (χ1) is 40.1. The molecule has 4 heteroatoms. The SMILES string of the molecule is [2H]C(C)(C)c1ccc2c(c1)B1c3c(cc(-n4c5cccc6c5c5c7c(cccc7ccc54)-c4ccccc4-6)cc3-n3c4ccc(C(C([2H])([2H])[2H])(C([2H])([2H])[2H])C([2H])([2H])[2H])cc4c4cc(C(C([2H])([2H])[2H])(C([2H])([2H])[2H])C([2H])([2H])[2H])cc1c43)N2c1ccccc1. The Hall–Kier alpha value is -7.30. The minimum Gasteiger partial charge on any atom is -0.311 e.